The van der Waals surface area contributed by atoms with Crippen LogP contribution in [0.4, 0.5) is 4.39 Å². The largest absolute Gasteiger partial charge is 0.340 e. The van der Waals surface area contributed by atoms with Crippen LogP contribution >= 0.6 is 11.6 Å². The van der Waals surface area contributed by atoms with E-state index < -0.39 is 20.9 Å². The summed E-state index contributed by atoms with van der Waals surface area (Å²) in [6.45, 7) is 0.349. The molecule has 0 saturated carbocycles. The molecule has 3 rings (SSSR count). The van der Waals surface area contributed by atoms with E-state index in [1.54, 1.807) is 6.07 Å². The molecule has 1 fully saturated rings. The van der Waals surface area contributed by atoms with Gasteiger partial charge in [-0.2, -0.15) is 0 Å². The molecule has 1 amide bonds. The molecule has 0 aliphatic carbocycles. The Morgan fingerprint density at radius 2 is 1.84 bits per heavy atom. The number of carbonyl (C=O) groups is 1. The highest BCUT2D eigenvalue weighted by Gasteiger charge is 2.40. The van der Waals surface area contributed by atoms with Gasteiger partial charge in [0.1, 0.15) is 11.1 Å². The minimum atomic E-state index is -3.54. The lowest BCUT2D eigenvalue weighted by molar-refractivity contribution is -0.134. The quantitative estimate of drug-likeness (QED) is 0.748. The number of amides is 1. The minimum absolute atomic E-state index is 0.0782. The van der Waals surface area contributed by atoms with E-state index in [0.29, 0.717) is 17.9 Å². The summed E-state index contributed by atoms with van der Waals surface area (Å²) >= 11 is 5.91. The smallest absolute Gasteiger partial charge is 0.222 e. The Bertz CT molecular complexity index is 877. The van der Waals surface area contributed by atoms with Gasteiger partial charge in [0.05, 0.1) is 4.90 Å². The van der Waals surface area contributed by atoms with Crippen LogP contribution in [0.1, 0.15) is 12.0 Å². The van der Waals surface area contributed by atoms with Gasteiger partial charge in [-0.15, -0.1) is 0 Å². The topological polar surface area (TPSA) is 54.5 Å². The molecule has 1 saturated heterocycles. The molecule has 1 heterocycles. The van der Waals surface area contributed by atoms with Gasteiger partial charge in [-0.05, 0) is 48.4 Å². The molecule has 1 aliphatic rings. The molecule has 0 atom stereocenters. The monoisotopic (exact) mass is 381 g/mol. The normalized spacial score (nSPS) is 15.0. The third-order valence-corrected chi connectivity index (χ3v) is 6.64. The third kappa shape index (κ3) is 4.02. The zero-order valence-corrected chi connectivity index (χ0v) is 14.9. The van der Waals surface area contributed by atoms with E-state index in [2.05, 4.69) is 0 Å². The van der Waals surface area contributed by atoms with Gasteiger partial charge in [0.2, 0.25) is 5.91 Å². The van der Waals surface area contributed by atoms with Gasteiger partial charge in [0.25, 0.3) is 0 Å². The Labute approximate surface area is 151 Å². The van der Waals surface area contributed by atoms with E-state index in [9.17, 15) is 17.6 Å². The van der Waals surface area contributed by atoms with Crippen LogP contribution in [-0.2, 0) is 21.1 Å². The van der Waals surface area contributed by atoms with Crippen LogP contribution in [0.25, 0.3) is 0 Å². The van der Waals surface area contributed by atoms with Crippen molar-refractivity contribution in [2.24, 2.45) is 0 Å². The zero-order valence-electron chi connectivity index (χ0n) is 13.4. The molecule has 25 heavy (non-hydrogen) atoms. The van der Waals surface area contributed by atoms with E-state index in [4.69, 9.17) is 11.6 Å². The number of benzene rings is 2. The standard InChI is InChI=1S/C18H17ClFNO3S/c19-14-3-1-2-13(10-14)4-9-18(22)21-11-17(12-21)25(23,24)16-7-5-15(20)6-8-16/h1-3,5-8,10,17H,4,9,11-12H2. The number of nitrogens with zero attached hydrogens (tertiary/aromatic N) is 1. The third-order valence-electron chi connectivity index (χ3n) is 4.30. The van der Waals surface area contributed by atoms with Crippen LogP contribution in [0, 0.1) is 5.82 Å². The number of rotatable bonds is 5. The van der Waals surface area contributed by atoms with Crippen molar-refractivity contribution in [3.05, 3.63) is 64.9 Å². The zero-order chi connectivity index (χ0) is 18.0. The maximum absolute atomic E-state index is 12.9. The highest BCUT2D eigenvalue weighted by Crippen LogP contribution is 2.25. The Morgan fingerprint density at radius 1 is 1.16 bits per heavy atom. The lowest BCUT2D eigenvalue weighted by Gasteiger charge is -2.38. The van der Waals surface area contributed by atoms with Crippen LogP contribution in [0.3, 0.4) is 0 Å². The molecule has 1 aliphatic heterocycles. The predicted octanol–water partition coefficient (Wildman–Crippen LogP) is 3.10. The highest BCUT2D eigenvalue weighted by atomic mass is 35.5. The number of hydrogen-bond donors (Lipinski definition) is 0. The van der Waals surface area contributed by atoms with Crippen molar-refractivity contribution in [1.29, 1.82) is 0 Å². The minimum Gasteiger partial charge on any atom is -0.340 e. The molecule has 2 aromatic carbocycles. The fraction of sp³-hybridized carbons (Fsp3) is 0.278. The van der Waals surface area contributed by atoms with Gasteiger partial charge in [-0.25, -0.2) is 12.8 Å². The second-order valence-corrected chi connectivity index (χ2v) is 8.71. The first kappa shape index (κ1) is 17.9. The summed E-state index contributed by atoms with van der Waals surface area (Å²) in [6, 6.07) is 12.1. The van der Waals surface area contributed by atoms with Crippen LogP contribution in [0.15, 0.2) is 53.4 Å². The lowest BCUT2D eigenvalue weighted by Crippen LogP contribution is -2.56. The fourth-order valence-electron chi connectivity index (χ4n) is 2.76. The molecule has 0 bridgehead atoms. The molecule has 0 aromatic heterocycles. The number of halogens is 2. The van der Waals surface area contributed by atoms with E-state index in [1.165, 1.54) is 17.0 Å². The van der Waals surface area contributed by atoms with Gasteiger partial charge in [-0.1, -0.05) is 23.7 Å². The van der Waals surface area contributed by atoms with Crippen molar-refractivity contribution >= 4 is 27.3 Å². The molecule has 7 heteroatoms. The van der Waals surface area contributed by atoms with E-state index in [-0.39, 0.29) is 23.9 Å². The van der Waals surface area contributed by atoms with Gasteiger partial charge < -0.3 is 4.90 Å². The summed E-state index contributed by atoms with van der Waals surface area (Å²) in [6.07, 6.45) is 0.870. The summed E-state index contributed by atoms with van der Waals surface area (Å²) in [5.74, 6) is -0.559. The Morgan fingerprint density at radius 3 is 2.48 bits per heavy atom. The van der Waals surface area contributed by atoms with Crippen molar-refractivity contribution < 1.29 is 17.6 Å². The predicted molar refractivity (Wildman–Crippen MR) is 93.7 cm³/mol. The number of carbonyl (C=O) groups excluding carboxylic acids is 1. The summed E-state index contributed by atoms with van der Waals surface area (Å²) in [7, 11) is -3.54. The van der Waals surface area contributed by atoms with Crippen LogP contribution < -0.4 is 0 Å². The SMILES string of the molecule is O=C(CCc1cccc(Cl)c1)N1CC(S(=O)(=O)c2ccc(F)cc2)C1. The maximum Gasteiger partial charge on any atom is 0.222 e. The number of sulfone groups is 1. The van der Waals surface area contributed by atoms with Gasteiger partial charge in [0.15, 0.2) is 9.84 Å². The molecule has 2 aromatic rings. The summed E-state index contributed by atoms with van der Waals surface area (Å²) in [5.41, 5.74) is 0.969. The molecule has 0 unspecified atom stereocenters. The molecule has 0 spiro atoms. The number of likely N-dealkylation sites (tertiary alicyclic amines) is 1. The average molecular weight is 382 g/mol. The number of aryl methyl sites for hydroxylation is 1. The van der Waals surface area contributed by atoms with E-state index >= 15 is 0 Å². The molecular weight excluding hydrogens is 365 g/mol. The molecule has 0 radical (unpaired) electrons. The van der Waals surface area contributed by atoms with Crippen molar-refractivity contribution in [1.82, 2.24) is 4.90 Å². The molecular formula is C18H17ClFNO3S. The van der Waals surface area contributed by atoms with Crippen molar-refractivity contribution in [3.63, 3.8) is 0 Å². The Balaban J connectivity index is 1.54. The summed E-state index contributed by atoms with van der Waals surface area (Å²) < 4.78 is 37.8. The van der Waals surface area contributed by atoms with Crippen molar-refractivity contribution in [2.75, 3.05) is 13.1 Å². The fourth-order valence-corrected chi connectivity index (χ4v) is 4.62. The first-order valence-electron chi connectivity index (χ1n) is 7.88. The Hall–Kier alpha value is -1.92. The van der Waals surface area contributed by atoms with Crippen LogP contribution in [0.5, 0.6) is 0 Å². The van der Waals surface area contributed by atoms with Crippen molar-refractivity contribution in [2.45, 2.75) is 23.0 Å². The average Bonchev–Trinajstić information content (AvgIpc) is 2.52. The lowest BCUT2D eigenvalue weighted by atomic mass is 10.1. The van der Waals surface area contributed by atoms with E-state index in [0.717, 1.165) is 17.7 Å². The first-order chi connectivity index (χ1) is 11.9. The Kier molecular flexibility index (Phi) is 5.11. The molecule has 0 N–H and O–H groups in total. The van der Waals surface area contributed by atoms with Gasteiger partial charge in [-0.3, -0.25) is 4.79 Å². The van der Waals surface area contributed by atoms with E-state index in [1.807, 2.05) is 18.2 Å². The van der Waals surface area contributed by atoms with Crippen LogP contribution in [-0.4, -0.2) is 37.6 Å². The summed E-state index contributed by atoms with van der Waals surface area (Å²) in [5, 5.41) is -0.00700. The second-order valence-electron chi connectivity index (χ2n) is 6.05. The highest BCUT2D eigenvalue weighted by molar-refractivity contribution is 7.92. The first-order valence-corrected chi connectivity index (χ1v) is 9.80. The number of hydrogen-bond acceptors (Lipinski definition) is 3. The van der Waals surface area contributed by atoms with Gasteiger partial charge >= 0.3 is 0 Å². The maximum atomic E-state index is 12.9. The molecule has 4 nitrogen and oxygen atoms in total. The van der Waals surface area contributed by atoms with Gasteiger partial charge in [0, 0.05) is 24.5 Å². The van der Waals surface area contributed by atoms with Crippen molar-refractivity contribution in [3.8, 4) is 0 Å². The second kappa shape index (κ2) is 7.14. The molecule has 132 valence electrons. The summed E-state index contributed by atoms with van der Waals surface area (Å²) in [4.78, 5) is 13.8. The van der Waals surface area contributed by atoms with Crippen LogP contribution in [0.2, 0.25) is 5.02 Å².